The molecule has 0 saturated carbocycles. The molecule has 2 aromatic rings. The molecule has 0 unspecified atom stereocenters. The fourth-order valence-electron chi connectivity index (χ4n) is 2.78. The Hall–Kier alpha value is -1.18. The predicted molar refractivity (Wildman–Crippen MR) is 84.1 cm³/mol. The van der Waals surface area contributed by atoms with Crippen LogP contribution in [0, 0.1) is 17.2 Å². The molecule has 5 heteroatoms. The Labute approximate surface area is 127 Å². The fraction of sp³-hybridized carbons (Fsp3) is 0.467. The lowest BCUT2D eigenvalue weighted by molar-refractivity contribution is 0.417. The van der Waals surface area contributed by atoms with Crippen molar-refractivity contribution in [3.05, 3.63) is 29.6 Å². The third-order valence-corrected chi connectivity index (χ3v) is 5.17. The minimum atomic E-state index is 0.390. The van der Waals surface area contributed by atoms with Gasteiger partial charge in [-0.3, -0.25) is 0 Å². The summed E-state index contributed by atoms with van der Waals surface area (Å²) >= 11 is 8.08. The van der Waals surface area contributed by atoms with Crippen molar-refractivity contribution in [1.82, 2.24) is 9.55 Å². The molecule has 0 amide bonds. The van der Waals surface area contributed by atoms with Gasteiger partial charge in [0.2, 0.25) is 0 Å². The summed E-state index contributed by atoms with van der Waals surface area (Å²) in [7, 11) is 0. The van der Waals surface area contributed by atoms with Gasteiger partial charge in [0.05, 0.1) is 17.0 Å². The van der Waals surface area contributed by atoms with Crippen molar-refractivity contribution in [1.29, 1.82) is 5.26 Å². The number of fused-ring (bicyclic) bond motifs is 1. The van der Waals surface area contributed by atoms with Crippen LogP contribution in [0.25, 0.3) is 11.0 Å². The van der Waals surface area contributed by atoms with Gasteiger partial charge >= 0.3 is 0 Å². The number of hydrogen-bond donors (Lipinski definition) is 0. The maximum Gasteiger partial charge on any atom is 0.124 e. The van der Waals surface area contributed by atoms with Crippen molar-refractivity contribution in [2.45, 2.75) is 25.3 Å². The number of para-hydroxylation sites is 1. The van der Waals surface area contributed by atoms with E-state index in [9.17, 15) is 5.26 Å². The molecular formula is C15H16ClN3S. The summed E-state index contributed by atoms with van der Waals surface area (Å²) in [6, 6.07) is 7.99. The Balaban J connectivity index is 2.02. The Bertz CT molecular complexity index is 653. The van der Waals surface area contributed by atoms with Crippen molar-refractivity contribution in [3.63, 3.8) is 0 Å². The van der Waals surface area contributed by atoms with Crippen molar-refractivity contribution in [2.24, 2.45) is 5.92 Å². The first-order chi connectivity index (χ1) is 9.83. The molecule has 1 aliphatic heterocycles. The fourth-order valence-corrected chi connectivity index (χ4v) is 4.19. The van der Waals surface area contributed by atoms with E-state index in [-0.39, 0.29) is 0 Å². The van der Waals surface area contributed by atoms with Crippen molar-refractivity contribution >= 4 is 34.4 Å². The molecule has 1 aliphatic rings. The molecule has 3 rings (SSSR count). The maximum absolute atomic E-state index is 9.19. The predicted octanol–water partition coefficient (Wildman–Crippen LogP) is 3.79. The Kier molecular flexibility index (Phi) is 4.18. The lowest BCUT2D eigenvalue weighted by Gasteiger charge is -2.22. The van der Waals surface area contributed by atoms with Crippen LogP contribution < -0.4 is 0 Å². The van der Waals surface area contributed by atoms with Crippen LogP contribution in [0.1, 0.15) is 24.2 Å². The summed E-state index contributed by atoms with van der Waals surface area (Å²) in [4.78, 5) is 4.57. The quantitative estimate of drug-likeness (QED) is 0.810. The van der Waals surface area contributed by atoms with E-state index in [1.54, 1.807) is 0 Å². The largest absolute Gasteiger partial charge is 0.327 e. The molecule has 1 aromatic carbocycles. The van der Waals surface area contributed by atoms with Crippen LogP contribution in [0.3, 0.4) is 0 Å². The molecule has 0 atom stereocenters. The Morgan fingerprint density at radius 1 is 1.40 bits per heavy atom. The first-order valence-electron chi connectivity index (χ1n) is 6.85. The summed E-state index contributed by atoms with van der Waals surface area (Å²) in [5.41, 5.74) is 2.46. The zero-order valence-corrected chi connectivity index (χ0v) is 12.8. The summed E-state index contributed by atoms with van der Waals surface area (Å²) in [5, 5.41) is 9.19. The van der Waals surface area contributed by atoms with Gasteiger partial charge in [-0.2, -0.15) is 17.0 Å². The van der Waals surface area contributed by atoms with E-state index in [1.165, 1.54) is 24.3 Å². The van der Waals surface area contributed by atoms with E-state index in [4.69, 9.17) is 11.6 Å². The topological polar surface area (TPSA) is 41.6 Å². The van der Waals surface area contributed by atoms with E-state index in [1.807, 2.05) is 30.0 Å². The van der Waals surface area contributed by atoms with Crippen LogP contribution in [0.2, 0.25) is 0 Å². The van der Waals surface area contributed by atoms with Crippen molar-refractivity contribution in [3.8, 4) is 6.07 Å². The Morgan fingerprint density at radius 2 is 2.20 bits per heavy atom. The molecule has 20 heavy (non-hydrogen) atoms. The second-order valence-electron chi connectivity index (χ2n) is 5.11. The smallest absolute Gasteiger partial charge is 0.124 e. The van der Waals surface area contributed by atoms with E-state index < -0.39 is 0 Å². The average Bonchev–Trinajstić information content (AvgIpc) is 2.86. The molecule has 0 aliphatic carbocycles. The van der Waals surface area contributed by atoms with Crippen LogP contribution in [-0.2, 0) is 12.4 Å². The van der Waals surface area contributed by atoms with Crippen LogP contribution >= 0.6 is 23.4 Å². The number of halogens is 1. The van der Waals surface area contributed by atoms with Gasteiger partial charge in [-0.1, -0.05) is 6.07 Å². The van der Waals surface area contributed by atoms with E-state index in [0.717, 1.165) is 23.4 Å². The normalized spacial score (nSPS) is 16.4. The molecule has 1 fully saturated rings. The first kappa shape index (κ1) is 13.8. The van der Waals surface area contributed by atoms with E-state index in [0.29, 0.717) is 17.4 Å². The molecular weight excluding hydrogens is 290 g/mol. The second kappa shape index (κ2) is 6.07. The van der Waals surface area contributed by atoms with Gasteiger partial charge in [-0.05, 0) is 42.4 Å². The Morgan fingerprint density at radius 3 is 2.90 bits per heavy atom. The van der Waals surface area contributed by atoms with Gasteiger partial charge < -0.3 is 4.57 Å². The number of thioether (sulfide) groups is 1. The molecule has 3 nitrogen and oxygen atoms in total. The number of rotatable bonds is 3. The molecule has 0 spiro atoms. The lowest BCUT2D eigenvalue weighted by Crippen LogP contribution is -2.17. The van der Waals surface area contributed by atoms with Gasteiger partial charge in [0.25, 0.3) is 0 Å². The second-order valence-corrected chi connectivity index (χ2v) is 6.61. The highest BCUT2D eigenvalue weighted by Gasteiger charge is 2.19. The molecule has 0 bridgehead atoms. The van der Waals surface area contributed by atoms with Crippen molar-refractivity contribution in [2.75, 3.05) is 11.5 Å². The third kappa shape index (κ3) is 2.53. The number of nitriles is 1. The third-order valence-electron chi connectivity index (χ3n) is 3.88. The summed E-state index contributed by atoms with van der Waals surface area (Å²) in [6.45, 7) is 0.966. The van der Waals surface area contributed by atoms with Gasteiger partial charge in [-0.25, -0.2) is 4.98 Å². The molecule has 104 valence electrons. The van der Waals surface area contributed by atoms with Gasteiger partial charge in [0.15, 0.2) is 0 Å². The molecule has 2 heterocycles. The number of alkyl halides is 1. The SMILES string of the molecule is N#Cc1cccc2c1nc(CCl)n2CC1CCSCC1. The zero-order chi connectivity index (χ0) is 13.9. The number of aromatic nitrogens is 2. The minimum absolute atomic E-state index is 0.390. The monoisotopic (exact) mass is 305 g/mol. The van der Waals surface area contributed by atoms with Gasteiger partial charge in [0.1, 0.15) is 17.4 Å². The first-order valence-corrected chi connectivity index (χ1v) is 8.54. The minimum Gasteiger partial charge on any atom is -0.327 e. The molecule has 1 aromatic heterocycles. The lowest BCUT2D eigenvalue weighted by atomic mass is 10.0. The number of imidazole rings is 1. The van der Waals surface area contributed by atoms with E-state index >= 15 is 0 Å². The standard InChI is InChI=1S/C15H16ClN3S/c16-8-14-18-15-12(9-17)2-1-3-13(15)19(14)10-11-4-6-20-7-5-11/h1-3,11H,4-8,10H2. The van der Waals surface area contributed by atoms with Gasteiger partial charge in [-0.15, -0.1) is 11.6 Å². The van der Waals surface area contributed by atoms with Crippen LogP contribution in [0.4, 0.5) is 0 Å². The highest BCUT2D eigenvalue weighted by molar-refractivity contribution is 7.99. The van der Waals surface area contributed by atoms with Crippen LogP contribution in [0.5, 0.6) is 0 Å². The molecule has 0 radical (unpaired) electrons. The van der Waals surface area contributed by atoms with Crippen LogP contribution in [-0.4, -0.2) is 21.1 Å². The maximum atomic E-state index is 9.19. The van der Waals surface area contributed by atoms with Crippen LogP contribution in [0.15, 0.2) is 18.2 Å². The highest BCUT2D eigenvalue weighted by atomic mass is 35.5. The van der Waals surface area contributed by atoms with Crippen molar-refractivity contribution < 1.29 is 0 Å². The molecule has 0 N–H and O–H groups in total. The summed E-state index contributed by atoms with van der Waals surface area (Å²) in [6.07, 6.45) is 2.51. The van der Waals surface area contributed by atoms with E-state index in [2.05, 4.69) is 15.6 Å². The summed E-state index contributed by atoms with van der Waals surface area (Å²) in [5.74, 6) is 4.46. The molecule has 1 saturated heterocycles. The number of hydrogen-bond acceptors (Lipinski definition) is 3. The summed E-state index contributed by atoms with van der Waals surface area (Å²) < 4.78 is 2.21. The number of nitrogens with zero attached hydrogens (tertiary/aromatic N) is 3. The highest BCUT2D eigenvalue weighted by Crippen LogP contribution is 2.27. The average molecular weight is 306 g/mol. The zero-order valence-electron chi connectivity index (χ0n) is 11.2. The number of benzene rings is 1. The van der Waals surface area contributed by atoms with Gasteiger partial charge in [0, 0.05) is 6.54 Å².